The third-order valence-electron chi connectivity index (χ3n) is 4.41. The van der Waals surface area contributed by atoms with Crippen molar-refractivity contribution in [3.05, 3.63) is 63.6 Å². The number of amides is 1. The van der Waals surface area contributed by atoms with Crippen molar-refractivity contribution >= 4 is 39.1 Å². The Labute approximate surface area is 174 Å². The molecule has 0 aromatic heterocycles. The molecule has 1 aliphatic heterocycles. The molecule has 1 fully saturated rings. The smallest absolute Gasteiger partial charge is 0.251 e. The molecule has 0 spiro atoms. The molecule has 0 atom stereocenters. The monoisotopic (exact) mass is 442 g/mol. The number of nitrogens with one attached hydrogen (secondary N) is 1. The summed E-state index contributed by atoms with van der Waals surface area (Å²) in [4.78, 5) is 12.4. The van der Waals surface area contributed by atoms with E-state index in [9.17, 15) is 13.2 Å². The molecule has 1 heterocycles. The molecule has 2 aromatic carbocycles. The van der Waals surface area contributed by atoms with Crippen LogP contribution < -0.4 is 5.32 Å². The maximum absolute atomic E-state index is 12.6. The molecule has 0 saturated carbocycles. The van der Waals surface area contributed by atoms with Crippen molar-refractivity contribution < 1.29 is 17.9 Å². The third-order valence-corrected chi connectivity index (χ3v) is 7.06. The number of carbonyl (C=O) groups is 1. The molecule has 3 rings (SSSR count). The van der Waals surface area contributed by atoms with Gasteiger partial charge in [0.2, 0.25) is 10.0 Å². The van der Waals surface area contributed by atoms with Gasteiger partial charge in [0.1, 0.15) is 0 Å². The van der Waals surface area contributed by atoms with E-state index >= 15 is 0 Å². The molecule has 9 heteroatoms. The molecule has 1 N–H and O–H groups in total. The first-order chi connectivity index (χ1) is 13.4. The number of nitrogens with zero attached hydrogens (tertiary/aromatic N) is 1. The van der Waals surface area contributed by atoms with Crippen LogP contribution in [0.3, 0.4) is 0 Å². The van der Waals surface area contributed by atoms with E-state index in [2.05, 4.69) is 5.32 Å². The second-order valence-corrected chi connectivity index (χ2v) is 9.05. The summed E-state index contributed by atoms with van der Waals surface area (Å²) in [5.41, 5.74) is 1.36. The van der Waals surface area contributed by atoms with Gasteiger partial charge in [-0.2, -0.15) is 4.31 Å². The van der Waals surface area contributed by atoms with Gasteiger partial charge in [0, 0.05) is 25.2 Å². The Hall–Kier alpha value is -1.64. The summed E-state index contributed by atoms with van der Waals surface area (Å²) in [6.45, 7) is 1.97. The Balaban J connectivity index is 1.55. The Bertz CT molecular complexity index is 943. The van der Waals surface area contributed by atoms with Gasteiger partial charge in [-0.05, 0) is 42.3 Å². The van der Waals surface area contributed by atoms with Crippen molar-refractivity contribution in [1.82, 2.24) is 9.62 Å². The lowest BCUT2D eigenvalue weighted by Gasteiger charge is -2.26. The van der Waals surface area contributed by atoms with Crippen LogP contribution in [-0.4, -0.2) is 51.5 Å². The number of morpholine rings is 1. The van der Waals surface area contributed by atoms with Gasteiger partial charge in [0.15, 0.2) is 0 Å². The quantitative estimate of drug-likeness (QED) is 0.745. The highest BCUT2D eigenvalue weighted by Crippen LogP contribution is 2.22. The third kappa shape index (κ3) is 5.04. The molecular formula is C19H20Cl2N2O4S. The van der Waals surface area contributed by atoms with Crippen molar-refractivity contribution in [2.24, 2.45) is 0 Å². The van der Waals surface area contributed by atoms with Crippen LogP contribution in [0.5, 0.6) is 0 Å². The van der Waals surface area contributed by atoms with Gasteiger partial charge in [-0.25, -0.2) is 8.42 Å². The highest BCUT2D eigenvalue weighted by molar-refractivity contribution is 7.89. The summed E-state index contributed by atoms with van der Waals surface area (Å²) in [6, 6.07) is 11.4. The summed E-state index contributed by atoms with van der Waals surface area (Å²) < 4.78 is 31.8. The maximum atomic E-state index is 12.6. The van der Waals surface area contributed by atoms with E-state index in [1.54, 1.807) is 36.4 Å². The van der Waals surface area contributed by atoms with Crippen LogP contribution in [0.4, 0.5) is 0 Å². The van der Waals surface area contributed by atoms with E-state index in [0.29, 0.717) is 54.9 Å². The zero-order valence-electron chi connectivity index (χ0n) is 15.0. The number of carbonyl (C=O) groups excluding carboxylic acids is 1. The predicted molar refractivity (Wildman–Crippen MR) is 109 cm³/mol. The first kappa shape index (κ1) is 21.1. The lowest BCUT2D eigenvalue weighted by Crippen LogP contribution is -2.40. The molecule has 0 radical (unpaired) electrons. The minimum atomic E-state index is -3.50. The van der Waals surface area contributed by atoms with E-state index in [1.165, 1.54) is 10.4 Å². The van der Waals surface area contributed by atoms with Crippen LogP contribution in [0.1, 0.15) is 15.9 Å². The van der Waals surface area contributed by atoms with Crippen LogP contribution in [0, 0.1) is 0 Å². The Kier molecular flexibility index (Phi) is 6.95. The number of rotatable bonds is 6. The number of sulfonamides is 1. The summed E-state index contributed by atoms with van der Waals surface area (Å²) in [6.07, 6.45) is 0.574. The average Bonchev–Trinajstić information content (AvgIpc) is 2.71. The van der Waals surface area contributed by atoms with Crippen molar-refractivity contribution in [1.29, 1.82) is 0 Å². The molecule has 0 unspecified atom stereocenters. The molecule has 1 saturated heterocycles. The summed E-state index contributed by atoms with van der Waals surface area (Å²) >= 11 is 11.8. The van der Waals surface area contributed by atoms with Gasteiger partial charge in [-0.1, -0.05) is 35.3 Å². The lowest BCUT2D eigenvalue weighted by molar-refractivity contribution is 0.0730. The minimum absolute atomic E-state index is 0.245. The Morgan fingerprint density at radius 1 is 1.04 bits per heavy atom. The van der Waals surface area contributed by atoms with E-state index in [-0.39, 0.29) is 10.8 Å². The summed E-state index contributed by atoms with van der Waals surface area (Å²) in [5.74, 6) is -0.245. The number of ether oxygens (including phenoxy) is 1. The first-order valence-electron chi connectivity index (χ1n) is 8.78. The number of hydrogen-bond acceptors (Lipinski definition) is 4. The van der Waals surface area contributed by atoms with E-state index in [1.807, 2.05) is 0 Å². The second kappa shape index (κ2) is 9.24. The molecule has 0 bridgehead atoms. The Morgan fingerprint density at radius 3 is 2.36 bits per heavy atom. The molecule has 2 aromatic rings. The van der Waals surface area contributed by atoms with Crippen molar-refractivity contribution in [3.63, 3.8) is 0 Å². The van der Waals surface area contributed by atoms with Gasteiger partial charge < -0.3 is 10.1 Å². The van der Waals surface area contributed by atoms with Crippen LogP contribution in [0.25, 0.3) is 0 Å². The van der Waals surface area contributed by atoms with Gasteiger partial charge in [-0.3, -0.25) is 4.79 Å². The fraction of sp³-hybridized carbons (Fsp3) is 0.316. The lowest BCUT2D eigenvalue weighted by atomic mass is 10.1. The van der Waals surface area contributed by atoms with Crippen LogP contribution in [-0.2, 0) is 21.2 Å². The standard InChI is InChI=1S/C19H20Cl2N2O4S/c20-17-6-3-15(13-18(17)21)19(24)22-8-7-14-1-4-16(5-2-14)28(25,26)23-9-11-27-12-10-23/h1-6,13H,7-12H2,(H,22,24). The molecule has 1 amide bonds. The highest BCUT2D eigenvalue weighted by Gasteiger charge is 2.26. The molecule has 6 nitrogen and oxygen atoms in total. The zero-order valence-corrected chi connectivity index (χ0v) is 17.4. The van der Waals surface area contributed by atoms with Gasteiger partial charge >= 0.3 is 0 Å². The normalized spacial score (nSPS) is 15.4. The van der Waals surface area contributed by atoms with E-state index in [4.69, 9.17) is 27.9 Å². The maximum Gasteiger partial charge on any atom is 0.251 e. The fourth-order valence-corrected chi connectivity index (χ4v) is 4.53. The minimum Gasteiger partial charge on any atom is -0.379 e. The average molecular weight is 443 g/mol. The number of benzene rings is 2. The van der Waals surface area contributed by atoms with Gasteiger partial charge in [0.05, 0.1) is 28.2 Å². The molecule has 1 aliphatic rings. The molecule has 0 aliphatic carbocycles. The van der Waals surface area contributed by atoms with E-state index in [0.717, 1.165) is 5.56 Å². The predicted octanol–water partition coefficient (Wildman–Crippen LogP) is 2.99. The van der Waals surface area contributed by atoms with Crippen LogP contribution in [0.15, 0.2) is 47.4 Å². The Morgan fingerprint density at radius 2 is 1.71 bits per heavy atom. The SMILES string of the molecule is O=C(NCCc1ccc(S(=O)(=O)N2CCOCC2)cc1)c1ccc(Cl)c(Cl)c1. The van der Waals surface area contributed by atoms with Crippen LogP contribution in [0.2, 0.25) is 10.0 Å². The van der Waals surface area contributed by atoms with Gasteiger partial charge in [-0.15, -0.1) is 0 Å². The molecule has 150 valence electrons. The van der Waals surface area contributed by atoms with Crippen LogP contribution >= 0.6 is 23.2 Å². The number of hydrogen-bond donors (Lipinski definition) is 1. The molecule has 28 heavy (non-hydrogen) atoms. The van der Waals surface area contributed by atoms with Crippen molar-refractivity contribution in [2.45, 2.75) is 11.3 Å². The van der Waals surface area contributed by atoms with Crippen molar-refractivity contribution in [3.8, 4) is 0 Å². The fourth-order valence-electron chi connectivity index (χ4n) is 2.82. The number of halogens is 2. The largest absolute Gasteiger partial charge is 0.379 e. The summed E-state index contributed by atoms with van der Waals surface area (Å²) in [7, 11) is -3.50. The second-order valence-electron chi connectivity index (χ2n) is 6.30. The van der Waals surface area contributed by atoms with Crippen molar-refractivity contribution in [2.75, 3.05) is 32.8 Å². The summed E-state index contributed by atoms with van der Waals surface area (Å²) in [5, 5.41) is 3.53. The molecular weight excluding hydrogens is 423 g/mol. The van der Waals surface area contributed by atoms with E-state index < -0.39 is 10.0 Å². The topological polar surface area (TPSA) is 75.7 Å². The first-order valence-corrected chi connectivity index (χ1v) is 11.0. The zero-order chi connectivity index (χ0) is 20.1. The van der Waals surface area contributed by atoms with Gasteiger partial charge in [0.25, 0.3) is 5.91 Å². The highest BCUT2D eigenvalue weighted by atomic mass is 35.5.